The SMILES string of the molecule is CCn1c(=O)sc2cc(NC(=O)[C@@H](C)Oc3ccccc3)ccc21. The zero-order valence-corrected chi connectivity index (χ0v) is 14.3. The van der Waals surface area contributed by atoms with Gasteiger partial charge in [-0.3, -0.25) is 14.2 Å². The van der Waals surface area contributed by atoms with E-state index in [-0.39, 0.29) is 10.8 Å². The molecule has 0 saturated carbocycles. The molecule has 1 atom stereocenters. The third-order valence-corrected chi connectivity index (χ3v) is 4.62. The lowest BCUT2D eigenvalue weighted by molar-refractivity contribution is -0.122. The minimum atomic E-state index is -0.623. The summed E-state index contributed by atoms with van der Waals surface area (Å²) in [5, 5.41) is 2.83. The molecule has 0 saturated heterocycles. The molecule has 1 N–H and O–H groups in total. The molecular formula is C18H18N2O3S. The van der Waals surface area contributed by atoms with Crippen LogP contribution in [0.1, 0.15) is 13.8 Å². The lowest BCUT2D eigenvalue weighted by atomic mass is 10.2. The molecule has 6 heteroatoms. The minimum Gasteiger partial charge on any atom is -0.481 e. The summed E-state index contributed by atoms with van der Waals surface area (Å²) in [6.07, 6.45) is -0.623. The Morgan fingerprint density at radius 2 is 2.00 bits per heavy atom. The molecule has 2 aromatic carbocycles. The zero-order valence-electron chi connectivity index (χ0n) is 13.5. The normalized spacial score (nSPS) is 12.1. The van der Waals surface area contributed by atoms with Crippen LogP contribution in [0.15, 0.2) is 53.3 Å². The summed E-state index contributed by atoms with van der Waals surface area (Å²) in [6.45, 7) is 4.27. The van der Waals surface area contributed by atoms with Gasteiger partial charge in [-0.2, -0.15) is 0 Å². The minimum absolute atomic E-state index is 0.0109. The lowest BCUT2D eigenvalue weighted by Crippen LogP contribution is -2.30. The van der Waals surface area contributed by atoms with Crippen molar-refractivity contribution < 1.29 is 9.53 Å². The second-order valence-electron chi connectivity index (χ2n) is 5.36. The number of anilines is 1. The highest BCUT2D eigenvalue weighted by atomic mass is 32.1. The number of amides is 1. The van der Waals surface area contributed by atoms with E-state index in [2.05, 4.69) is 5.32 Å². The Labute approximate surface area is 143 Å². The van der Waals surface area contributed by atoms with Crippen molar-refractivity contribution in [2.45, 2.75) is 26.5 Å². The van der Waals surface area contributed by atoms with Gasteiger partial charge in [0.1, 0.15) is 5.75 Å². The third-order valence-electron chi connectivity index (χ3n) is 3.68. The number of aryl methyl sites for hydroxylation is 1. The van der Waals surface area contributed by atoms with Gasteiger partial charge in [0, 0.05) is 12.2 Å². The van der Waals surface area contributed by atoms with Gasteiger partial charge in [0.25, 0.3) is 5.91 Å². The van der Waals surface area contributed by atoms with Crippen LogP contribution in [0, 0.1) is 0 Å². The van der Waals surface area contributed by atoms with Gasteiger partial charge in [0.2, 0.25) is 0 Å². The number of para-hydroxylation sites is 1. The van der Waals surface area contributed by atoms with Gasteiger partial charge in [-0.05, 0) is 44.2 Å². The number of nitrogens with zero attached hydrogens (tertiary/aromatic N) is 1. The number of hydrogen-bond acceptors (Lipinski definition) is 4. The molecule has 0 fully saturated rings. The van der Waals surface area contributed by atoms with E-state index in [9.17, 15) is 9.59 Å². The number of ether oxygens (including phenoxy) is 1. The summed E-state index contributed by atoms with van der Waals surface area (Å²) in [5.74, 6) is 0.411. The topological polar surface area (TPSA) is 60.3 Å². The Morgan fingerprint density at radius 1 is 1.25 bits per heavy atom. The first-order chi connectivity index (χ1) is 11.6. The number of carbonyl (C=O) groups excluding carboxylic acids is 1. The Balaban J connectivity index is 1.74. The van der Waals surface area contributed by atoms with Crippen molar-refractivity contribution in [3.05, 3.63) is 58.2 Å². The molecule has 1 aromatic heterocycles. The highest BCUT2D eigenvalue weighted by Crippen LogP contribution is 2.22. The van der Waals surface area contributed by atoms with Crippen LogP contribution in [-0.4, -0.2) is 16.6 Å². The van der Waals surface area contributed by atoms with Crippen LogP contribution in [-0.2, 0) is 11.3 Å². The van der Waals surface area contributed by atoms with Gasteiger partial charge >= 0.3 is 4.87 Å². The summed E-state index contributed by atoms with van der Waals surface area (Å²) >= 11 is 1.18. The maximum absolute atomic E-state index is 12.3. The number of aromatic nitrogens is 1. The maximum atomic E-state index is 12.3. The Hall–Kier alpha value is -2.60. The predicted octanol–water partition coefficient (Wildman–Crippen LogP) is 3.49. The number of carbonyl (C=O) groups is 1. The van der Waals surface area contributed by atoms with Crippen molar-refractivity contribution in [1.82, 2.24) is 4.57 Å². The molecule has 24 heavy (non-hydrogen) atoms. The summed E-state index contributed by atoms with van der Waals surface area (Å²) in [6, 6.07) is 14.7. The van der Waals surface area contributed by atoms with Crippen LogP contribution in [0.4, 0.5) is 5.69 Å². The van der Waals surface area contributed by atoms with E-state index in [0.717, 1.165) is 10.2 Å². The summed E-state index contributed by atoms with van der Waals surface area (Å²) in [5.41, 5.74) is 1.54. The molecule has 1 heterocycles. The van der Waals surface area contributed by atoms with Gasteiger partial charge in [-0.1, -0.05) is 29.5 Å². The molecule has 0 bridgehead atoms. The third kappa shape index (κ3) is 3.33. The van der Waals surface area contributed by atoms with Crippen molar-refractivity contribution in [1.29, 1.82) is 0 Å². The molecule has 0 aliphatic carbocycles. The lowest BCUT2D eigenvalue weighted by Gasteiger charge is -2.14. The van der Waals surface area contributed by atoms with Crippen molar-refractivity contribution in [2.24, 2.45) is 0 Å². The van der Waals surface area contributed by atoms with Gasteiger partial charge < -0.3 is 10.1 Å². The first-order valence-electron chi connectivity index (χ1n) is 7.74. The van der Waals surface area contributed by atoms with Crippen LogP contribution in [0.3, 0.4) is 0 Å². The van der Waals surface area contributed by atoms with Crippen LogP contribution >= 0.6 is 11.3 Å². The Bertz CT molecular complexity index is 915. The highest BCUT2D eigenvalue weighted by molar-refractivity contribution is 7.16. The Kier molecular flexibility index (Phi) is 4.66. The van der Waals surface area contributed by atoms with Crippen molar-refractivity contribution >= 4 is 33.1 Å². The van der Waals surface area contributed by atoms with Crippen LogP contribution in [0.25, 0.3) is 10.2 Å². The summed E-state index contributed by atoms with van der Waals surface area (Å²) < 4.78 is 8.19. The molecule has 5 nitrogen and oxygen atoms in total. The van der Waals surface area contributed by atoms with E-state index < -0.39 is 6.10 Å². The number of nitrogens with one attached hydrogen (secondary N) is 1. The molecule has 3 aromatic rings. The molecule has 0 aliphatic rings. The molecule has 0 aliphatic heterocycles. The predicted molar refractivity (Wildman–Crippen MR) is 96.9 cm³/mol. The molecule has 3 rings (SSSR count). The fourth-order valence-electron chi connectivity index (χ4n) is 2.44. The average molecular weight is 342 g/mol. The highest BCUT2D eigenvalue weighted by Gasteiger charge is 2.15. The molecule has 0 spiro atoms. The van der Waals surface area contributed by atoms with E-state index in [4.69, 9.17) is 4.74 Å². The van der Waals surface area contributed by atoms with Gasteiger partial charge in [-0.25, -0.2) is 0 Å². The first-order valence-corrected chi connectivity index (χ1v) is 8.56. The van der Waals surface area contributed by atoms with Crippen LogP contribution in [0.5, 0.6) is 5.75 Å². The average Bonchev–Trinajstić information content (AvgIpc) is 2.89. The smallest absolute Gasteiger partial charge is 0.308 e. The van der Waals surface area contributed by atoms with Gasteiger partial charge in [0.05, 0.1) is 10.2 Å². The summed E-state index contributed by atoms with van der Waals surface area (Å²) in [4.78, 5) is 24.2. The van der Waals surface area contributed by atoms with Crippen LogP contribution in [0.2, 0.25) is 0 Å². The van der Waals surface area contributed by atoms with Gasteiger partial charge in [-0.15, -0.1) is 0 Å². The van der Waals surface area contributed by atoms with Crippen molar-refractivity contribution in [3.8, 4) is 5.75 Å². The Morgan fingerprint density at radius 3 is 2.71 bits per heavy atom. The standard InChI is InChI=1S/C18H18N2O3S/c1-3-20-15-10-9-13(11-16(15)24-18(20)22)19-17(21)12(2)23-14-7-5-4-6-8-14/h4-12H,3H2,1-2H3,(H,19,21)/t12-/m1/s1. The monoisotopic (exact) mass is 342 g/mol. The van der Waals surface area contributed by atoms with Gasteiger partial charge in [0.15, 0.2) is 6.10 Å². The maximum Gasteiger partial charge on any atom is 0.308 e. The number of rotatable bonds is 5. The second kappa shape index (κ2) is 6.88. The van der Waals surface area contributed by atoms with E-state index in [1.165, 1.54) is 11.3 Å². The van der Waals surface area contributed by atoms with Crippen molar-refractivity contribution in [3.63, 3.8) is 0 Å². The van der Waals surface area contributed by atoms with E-state index in [0.29, 0.717) is 18.0 Å². The number of benzene rings is 2. The zero-order chi connectivity index (χ0) is 17.1. The van der Waals surface area contributed by atoms with E-state index in [1.807, 2.05) is 37.3 Å². The van der Waals surface area contributed by atoms with E-state index in [1.54, 1.807) is 29.7 Å². The molecule has 124 valence electrons. The number of hydrogen-bond donors (Lipinski definition) is 1. The first kappa shape index (κ1) is 16.3. The number of fused-ring (bicyclic) bond motifs is 1. The second-order valence-corrected chi connectivity index (χ2v) is 6.35. The molecule has 0 radical (unpaired) electrons. The van der Waals surface area contributed by atoms with Crippen molar-refractivity contribution in [2.75, 3.05) is 5.32 Å². The van der Waals surface area contributed by atoms with E-state index >= 15 is 0 Å². The fraction of sp³-hybridized carbons (Fsp3) is 0.222. The molecule has 1 amide bonds. The molecular weight excluding hydrogens is 324 g/mol. The quantitative estimate of drug-likeness (QED) is 0.772. The fourth-order valence-corrected chi connectivity index (χ4v) is 3.44. The molecule has 0 unspecified atom stereocenters. The number of thiazole rings is 1. The summed E-state index contributed by atoms with van der Waals surface area (Å²) in [7, 11) is 0. The largest absolute Gasteiger partial charge is 0.481 e. The van der Waals surface area contributed by atoms with Crippen LogP contribution < -0.4 is 14.9 Å².